The Kier molecular flexibility index (Phi) is 5.05. The SMILES string of the molecule is Cc1cc(OC(F)F)c(CO)c(OCc2ccccc2)n1. The van der Waals surface area contributed by atoms with Crippen LogP contribution in [0.3, 0.4) is 0 Å². The van der Waals surface area contributed by atoms with Crippen molar-refractivity contribution in [3.8, 4) is 11.6 Å². The van der Waals surface area contributed by atoms with Gasteiger partial charge in [0, 0.05) is 11.8 Å². The third-order valence-electron chi connectivity index (χ3n) is 2.77. The minimum Gasteiger partial charge on any atom is -0.472 e. The van der Waals surface area contributed by atoms with E-state index in [0.717, 1.165) is 5.56 Å². The number of aliphatic hydroxyl groups is 1. The van der Waals surface area contributed by atoms with E-state index in [-0.39, 0.29) is 23.8 Å². The van der Waals surface area contributed by atoms with Crippen LogP contribution in [0.4, 0.5) is 8.78 Å². The van der Waals surface area contributed by atoms with Crippen LogP contribution in [0.2, 0.25) is 0 Å². The average Bonchev–Trinajstić information content (AvgIpc) is 2.45. The van der Waals surface area contributed by atoms with E-state index in [1.54, 1.807) is 6.92 Å². The number of rotatable bonds is 6. The molecule has 1 aromatic carbocycles. The predicted molar refractivity (Wildman–Crippen MR) is 72.3 cm³/mol. The summed E-state index contributed by atoms with van der Waals surface area (Å²) >= 11 is 0. The molecule has 4 nitrogen and oxygen atoms in total. The summed E-state index contributed by atoms with van der Waals surface area (Å²) in [5.74, 6) is -0.0277. The highest BCUT2D eigenvalue weighted by Gasteiger charge is 2.16. The molecule has 0 radical (unpaired) electrons. The van der Waals surface area contributed by atoms with Gasteiger partial charge in [0.05, 0.1) is 12.2 Å². The number of hydrogen-bond donors (Lipinski definition) is 1. The molecule has 0 amide bonds. The Labute approximate surface area is 121 Å². The second-order valence-electron chi connectivity index (χ2n) is 4.36. The van der Waals surface area contributed by atoms with E-state index in [1.807, 2.05) is 30.3 Å². The van der Waals surface area contributed by atoms with Gasteiger partial charge in [-0.25, -0.2) is 4.98 Å². The van der Waals surface area contributed by atoms with Crippen LogP contribution >= 0.6 is 0 Å². The quantitative estimate of drug-likeness (QED) is 0.890. The zero-order chi connectivity index (χ0) is 15.2. The minimum absolute atomic E-state index is 0.0944. The van der Waals surface area contributed by atoms with Crippen molar-refractivity contribution >= 4 is 0 Å². The van der Waals surface area contributed by atoms with Crippen molar-refractivity contribution < 1.29 is 23.4 Å². The van der Waals surface area contributed by atoms with Crippen LogP contribution < -0.4 is 9.47 Å². The Hall–Kier alpha value is -2.21. The number of alkyl halides is 2. The highest BCUT2D eigenvalue weighted by molar-refractivity contribution is 5.41. The maximum atomic E-state index is 12.4. The first-order valence-electron chi connectivity index (χ1n) is 6.33. The highest BCUT2D eigenvalue weighted by atomic mass is 19.3. The van der Waals surface area contributed by atoms with Gasteiger partial charge in [0.25, 0.3) is 0 Å². The van der Waals surface area contributed by atoms with Gasteiger partial charge < -0.3 is 14.6 Å². The topological polar surface area (TPSA) is 51.6 Å². The molecular formula is C15H15F2NO3. The Balaban J connectivity index is 2.23. The number of halogens is 2. The summed E-state index contributed by atoms with van der Waals surface area (Å²) in [5.41, 5.74) is 1.48. The van der Waals surface area contributed by atoms with Crippen LogP contribution in [-0.2, 0) is 13.2 Å². The first-order chi connectivity index (χ1) is 10.1. The second kappa shape index (κ2) is 6.99. The molecule has 21 heavy (non-hydrogen) atoms. The van der Waals surface area contributed by atoms with E-state index in [4.69, 9.17) is 4.74 Å². The molecule has 6 heteroatoms. The lowest BCUT2D eigenvalue weighted by molar-refractivity contribution is -0.0512. The van der Waals surface area contributed by atoms with Crippen LogP contribution in [0, 0.1) is 6.92 Å². The maximum Gasteiger partial charge on any atom is 0.387 e. The highest BCUT2D eigenvalue weighted by Crippen LogP contribution is 2.29. The molecular weight excluding hydrogens is 280 g/mol. The van der Waals surface area contributed by atoms with Crippen LogP contribution in [0.25, 0.3) is 0 Å². The summed E-state index contributed by atoms with van der Waals surface area (Å²) in [6, 6.07) is 10.7. The van der Waals surface area contributed by atoms with Crippen LogP contribution in [0.1, 0.15) is 16.8 Å². The molecule has 1 heterocycles. The molecule has 2 aromatic rings. The fraction of sp³-hybridized carbons (Fsp3) is 0.267. The number of nitrogens with zero attached hydrogens (tertiary/aromatic N) is 1. The molecule has 112 valence electrons. The summed E-state index contributed by atoms with van der Waals surface area (Å²) in [4.78, 5) is 4.12. The monoisotopic (exact) mass is 295 g/mol. The first kappa shape index (κ1) is 15.2. The van der Waals surface area contributed by atoms with Crippen molar-refractivity contribution in [2.24, 2.45) is 0 Å². The lowest BCUT2D eigenvalue weighted by Crippen LogP contribution is -2.08. The maximum absolute atomic E-state index is 12.4. The third kappa shape index (κ3) is 4.13. The van der Waals surface area contributed by atoms with Gasteiger partial charge in [0.1, 0.15) is 12.4 Å². The van der Waals surface area contributed by atoms with Gasteiger partial charge in [-0.3, -0.25) is 0 Å². The molecule has 0 saturated heterocycles. The summed E-state index contributed by atoms with van der Waals surface area (Å²) in [7, 11) is 0. The molecule has 0 aliphatic heterocycles. The largest absolute Gasteiger partial charge is 0.472 e. The molecule has 0 aliphatic rings. The zero-order valence-electron chi connectivity index (χ0n) is 11.4. The van der Waals surface area contributed by atoms with Crippen molar-refractivity contribution in [1.29, 1.82) is 0 Å². The lowest BCUT2D eigenvalue weighted by Gasteiger charge is -2.14. The molecule has 0 aliphatic carbocycles. The smallest absolute Gasteiger partial charge is 0.387 e. The fourth-order valence-corrected chi connectivity index (χ4v) is 1.83. The van der Waals surface area contributed by atoms with Crippen LogP contribution in [0.5, 0.6) is 11.6 Å². The summed E-state index contributed by atoms with van der Waals surface area (Å²) in [6.45, 7) is -1.62. The molecule has 0 spiro atoms. The average molecular weight is 295 g/mol. The number of aliphatic hydroxyl groups excluding tert-OH is 1. The second-order valence-corrected chi connectivity index (χ2v) is 4.36. The Bertz CT molecular complexity index is 591. The van der Waals surface area contributed by atoms with E-state index in [9.17, 15) is 13.9 Å². The van der Waals surface area contributed by atoms with Crippen molar-refractivity contribution in [2.75, 3.05) is 0 Å². The number of hydrogen-bond acceptors (Lipinski definition) is 4. The first-order valence-corrected chi connectivity index (χ1v) is 6.33. The molecule has 0 fully saturated rings. The van der Waals surface area contributed by atoms with Crippen molar-refractivity contribution in [3.63, 3.8) is 0 Å². The van der Waals surface area contributed by atoms with Crippen molar-refractivity contribution in [2.45, 2.75) is 26.7 Å². The normalized spacial score (nSPS) is 10.7. The summed E-state index contributed by atoms with van der Waals surface area (Å²) < 4.78 is 34.7. The molecule has 1 aromatic heterocycles. The van der Waals surface area contributed by atoms with Gasteiger partial charge in [-0.15, -0.1) is 0 Å². The van der Waals surface area contributed by atoms with Gasteiger partial charge in [-0.05, 0) is 12.5 Å². The summed E-state index contributed by atoms with van der Waals surface area (Å²) in [6.07, 6.45) is 0. The Morgan fingerprint density at radius 1 is 1.24 bits per heavy atom. The molecule has 0 bridgehead atoms. The van der Waals surface area contributed by atoms with Gasteiger partial charge in [0.15, 0.2) is 0 Å². The van der Waals surface area contributed by atoms with E-state index in [2.05, 4.69) is 9.72 Å². The molecule has 1 N–H and O–H groups in total. The zero-order valence-corrected chi connectivity index (χ0v) is 11.4. The third-order valence-corrected chi connectivity index (χ3v) is 2.77. The van der Waals surface area contributed by atoms with Crippen molar-refractivity contribution in [3.05, 3.63) is 53.2 Å². The predicted octanol–water partition coefficient (Wildman–Crippen LogP) is 3.06. The number of pyridine rings is 1. The van der Waals surface area contributed by atoms with Gasteiger partial charge in [0.2, 0.25) is 5.88 Å². The molecule has 2 rings (SSSR count). The number of aryl methyl sites for hydroxylation is 1. The lowest BCUT2D eigenvalue weighted by atomic mass is 10.2. The van der Waals surface area contributed by atoms with Gasteiger partial charge in [-0.2, -0.15) is 8.78 Å². The fourth-order valence-electron chi connectivity index (χ4n) is 1.83. The van der Waals surface area contributed by atoms with Gasteiger partial charge in [-0.1, -0.05) is 30.3 Å². The Morgan fingerprint density at radius 2 is 1.95 bits per heavy atom. The Morgan fingerprint density at radius 3 is 2.57 bits per heavy atom. The standard InChI is InChI=1S/C15H15F2NO3/c1-10-7-13(21-15(16)17)12(8-19)14(18-10)20-9-11-5-3-2-4-6-11/h2-7,15,19H,8-9H2,1H3. The van der Waals surface area contributed by atoms with E-state index < -0.39 is 13.2 Å². The van der Waals surface area contributed by atoms with Crippen molar-refractivity contribution in [1.82, 2.24) is 4.98 Å². The van der Waals surface area contributed by atoms with E-state index >= 15 is 0 Å². The van der Waals surface area contributed by atoms with Gasteiger partial charge >= 0.3 is 6.61 Å². The molecule has 0 atom stereocenters. The minimum atomic E-state index is -2.97. The number of benzene rings is 1. The summed E-state index contributed by atoms with van der Waals surface area (Å²) in [5, 5.41) is 9.36. The molecule has 0 unspecified atom stereocenters. The number of aromatic nitrogens is 1. The van der Waals surface area contributed by atoms with Crippen LogP contribution in [-0.4, -0.2) is 16.7 Å². The van der Waals surface area contributed by atoms with E-state index in [0.29, 0.717) is 5.69 Å². The van der Waals surface area contributed by atoms with Crippen LogP contribution in [0.15, 0.2) is 36.4 Å². The molecule has 0 saturated carbocycles. The number of ether oxygens (including phenoxy) is 2. The van der Waals surface area contributed by atoms with E-state index in [1.165, 1.54) is 6.07 Å².